The van der Waals surface area contributed by atoms with E-state index in [1.807, 2.05) is 27.8 Å². The van der Waals surface area contributed by atoms with Gasteiger partial charge >= 0.3 is 6.09 Å². The van der Waals surface area contributed by atoms with Crippen molar-refractivity contribution in [3.05, 3.63) is 12.2 Å². The molecule has 0 radical (unpaired) electrons. The minimum atomic E-state index is -0.446. The second-order valence-corrected chi connectivity index (χ2v) is 5.62. The van der Waals surface area contributed by atoms with E-state index in [-0.39, 0.29) is 6.09 Å². The van der Waals surface area contributed by atoms with Gasteiger partial charge < -0.3 is 15.4 Å². The Balaban J connectivity index is 1.96. The van der Waals surface area contributed by atoms with Crippen LogP contribution in [-0.2, 0) is 18.2 Å². The monoisotopic (exact) mass is 283 g/mol. The minimum absolute atomic E-state index is 0.366. The fraction of sp³-hybridized carbons (Fsp3) is 0.769. The molecule has 7 heteroatoms. The van der Waals surface area contributed by atoms with Gasteiger partial charge in [0, 0.05) is 26.6 Å². The molecule has 1 heterocycles. The lowest BCUT2D eigenvalue weighted by Crippen LogP contribution is -2.34. The summed E-state index contributed by atoms with van der Waals surface area (Å²) in [7, 11) is 1.85. The van der Waals surface area contributed by atoms with Crippen molar-refractivity contribution in [1.82, 2.24) is 25.4 Å². The SMILES string of the molecule is Cn1cnc(CCNCCCNC(=O)OC(C)(C)C)n1. The van der Waals surface area contributed by atoms with Crippen LogP contribution in [0.3, 0.4) is 0 Å². The van der Waals surface area contributed by atoms with Gasteiger partial charge in [-0.2, -0.15) is 5.10 Å². The molecule has 0 aliphatic carbocycles. The number of nitrogens with zero attached hydrogens (tertiary/aromatic N) is 3. The van der Waals surface area contributed by atoms with Crippen LogP contribution in [0.4, 0.5) is 4.79 Å². The van der Waals surface area contributed by atoms with Gasteiger partial charge in [-0.25, -0.2) is 9.78 Å². The molecule has 0 saturated carbocycles. The van der Waals surface area contributed by atoms with Crippen molar-refractivity contribution in [3.63, 3.8) is 0 Å². The standard InChI is InChI=1S/C13H25N5O2/c1-13(2,3)20-12(19)15-8-5-7-14-9-6-11-16-10-18(4)17-11/h10,14H,5-9H2,1-4H3,(H,15,19). The Morgan fingerprint density at radius 2 is 2.10 bits per heavy atom. The number of hydrogen-bond acceptors (Lipinski definition) is 5. The summed E-state index contributed by atoms with van der Waals surface area (Å²) >= 11 is 0. The highest BCUT2D eigenvalue weighted by Crippen LogP contribution is 2.06. The molecule has 0 atom stereocenters. The van der Waals surface area contributed by atoms with Gasteiger partial charge in [0.25, 0.3) is 0 Å². The smallest absolute Gasteiger partial charge is 0.407 e. The van der Waals surface area contributed by atoms with Crippen LogP contribution in [0.1, 0.15) is 33.0 Å². The fourth-order valence-electron chi connectivity index (χ4n) is 1.54. The maximum Gasteiger partial charge on any atom is 0.407 e. The molecule has 20 heavy (non-hydrogen) atoms. The molecule has 2 N–H and O–H groups in total. The van der Waals surface area contributed by atoms with Crippen LogP contribution in [0.15, 0.2) is 6.33 Å². The Morgan fingerprint density at radius 1 is 1.35 bits per heavy atom. The van der Waals surface area contributed by atoms with E-state index >= 15 is 0 Å². The highest BCUT2D eigenvalue weighted by Gasteiger charge is 2.15. The third kappa shape index (κ3) is 7.73. The van der Waals surface area contributed by atoms with Gasteiger partial charge in [-0.15, -0.1) is 0 Å². The summed E-state index contributed by atoms with van der Waals surface area (Å²) in [6, 6.07) is 0. The number of carbonyl (C=O) groups excluding carboxylic acids is 1. The molecular weight excluding hydrogens is 258 g/mol. The quantitative estimate of drug-likeness (QED) is 0.725. The predicted molar refractivity (Wildman–Crippen MR) is 76.4 cm³/mol. The van der Waals surface area contributed by atoms with Crippen LogP contribution in [0.5, 0.6) is 0 Å². The Hall–Kier alpha value is -1.63. The number of hydrogen-bond donors (Lipinski definition) is 2. The number of rotatable bonds is 7. The van der Waals surface area contributed by atoms with Crippen molar-refractivity contribution >= 4 is 6.09 Å². The second kappa shape index (κ2) is 7.84. The average Bonchev–Trinajstić information content (AvgIpc) is 2.71. The van der Waals surface area contributed by atoms with Crippen molar-refractivity contribution in [2.45, 2.75) is 39.2 Å². The van der Waals surface area contributed by atoms with Crippen LogP contribution in [0.25, 0.3) is 0 Å². The molecule has 1 amide bonds. The molecule has 0 aromatic carbocycles. The average molecular weight is 283 g/mol. The molecule has 0 aliphatic heterocycles. The zero-order chi connectivity index (χ0) is 15.0. The zero-order valence-corrected chi connectivity index (χ0v) is 12.8. The first-order valence-electron chi connectivity index (χ1n) is 6.89. The van der Waals surface area contributed by atoms with Crippen LogP contribution < -0.4 is 10.6 Å². The first-order valence-corrected chi connectivity index (χ1v) is 6.89. The van der Waals surface area contributed by atoms with E-state index in [0.717, 1.165) is 31.8 Å². The number of amides is 1. The third-order valence-corrected chi connectivity index (χ3v) is 2.37. The fourth-order valence-corrected chi connectivity index (χ4v) is 1.54. The molecule has 0 spiro atoms. The van der Waals surface area contributed by atoms with Crippen LogP contribution in [0, 0.1) is 0 Å². The first-order chi connectivity index (χ1) is 9.37. The molecule has 0 fully saturated rings. The Kier molecular flexibility index (Phi) is 6.44. The van der Waals surface area contributed by atoms with Gasteiger partial charge in [-0.05, 0) is 33.7 Å². The van der Waals surface area contributed by atoms with Crippen LogP contribution >= 0.6 is 0 Å². The summed E-state index contributed by atoms with van der Waals surface area (Å²) in [4.78, 5) is 15.5. The van der Waals surface area contributed by atoms with E-state index in [0.29, 0.717) is 6.54 Å². The molecule has 1 rings (SSSR count). The topological polar surface area (TPSA) is 81.1 Å². The third-order valence-electron chi connectivity index (χ3n) is 2.37. The molecule has 0 saturated heterocycles. The lowest BCUT2D eigenvalue weighted by molar-refractivity contribution is 0.0527. The highest BCUT2D eigenvalue weighted by molar-refractivity contribution is 5.67. The maximum absolute atomic E-state index is 11.4. The summed E-state index contributed by atoms with van der Waals surface area (Å²) in [5.74, 6) is 0.840. The van der Waals surface area contributed by atoms with Crippen molar-refractivity contribution in [2.24, 2.45) is 7.05 Å². The van der Waals surface area contributed by atoms with E-state index in [4.69, 9.17) is 4.74 Å². The van der Waals surface area contributed by atoms with E-state index in [1.165, 1.54) is 0 Å². The van der Waals surface area contributed by atoms with E-state index < -0.39 is 5.60 Å². The summed E-state index contributed by atoms with van der Waals surface area (Å²) in [5.41, 5.74) is -0.446. The molecule has 114 valence electrons. The number of aryl methyl sites for hydroxylation is 1. The first kappa shape index (κ1) is 16.4. The second-order valence-electron chi connectivity index (χ2n) is 5.62. The number of nitrogens with one attached hydrogen (secondary N) is 2. The van der Waals surface area contributed by atoms with Crippen molar-refractivity contribution in [2.75, 3.05) is 19.6 Å². The van der Waals surface area contributed by atoms with E-state index in [1.54, 1.807) is 11.0 Å². The van der Waals surface area contributed by atoms with Gasteiger partial charge in [-0.1, -0.05) is 0 Å². The highest BCUT2D eigenvalue weighted by atomic mass is 16.6. The molecule has 0 aliphatic rings. The van der Waals surface area contributed by atoms with E-state index in [9.17, 15) is 4.79 Å². The normalized spacial score (nSPS) is 11.4. The summed E-state index contributed by atoms with van der Waals surface area (Å²) in [6.07, 6.45) is 2.99. The zero-order valence-electron chi connectivity index (χ0n) is 12.8. The van der Waals surface area contributed by atoms with Gasteiger partial charge in [-0.3, -0.25) is 4.68 Å². The number of carbonyl (C=O) groups is 1. The summed E-state index contributed by atoms with van der Waals surface area (Å²) in [6.45, 7) is 7.81. The molecule has 7 nitrogen and oxygen atoms in total. The number of ether oxygens (including phenoxy) is 1. The van der Waals surface area contributed by atoms with Crippen LogP contribution in [0.2, 0.25) is 0 Å². The van der Waals surface area contributed by atoms with Crippen molar-refractivity contribution in [3.8, 4) is 0 Å². The minimum Gasteiger partial charge on any atom is -0.444 e. The van der Waals surface area contributed by atoms with E-state index in [2.05, 4.69) is 20.7 Å². The van der Waals surface area contributed by atoms with Gasteiger partial charge in [0.1, 0.15) is 11.9 Å². The number of aromatic nitrogens is 3. The van der Waals surface area contributed by atoms with Gasteiger partial charge in [0.15, 0.2) is 5.82 Å². The van der Waals surface area contributed by atoms with Gasteiger partial charge in [0.2, 0.25) is 0 Å². The molecule has 1 aromatic heterocycles. The number of alkyl carbamates (subject to hydrolysis) is 1. The summed E-state index contributed by atoms with van der Waals surface area (Å²) < 4.78 is 6.83. The molecule has 1 aromatic rings. The Morgan fingerprint density at radius 3 is 2.70 bits per heavy atom. The van der Waals surface area contributed by atoms with Crippen molar-refractivity contribution < 1.29 is 9.53 Å². The van der Waals surface area contributed by atoms with Gasteiger partial charge in [0.05, 0.1) is 0 Å². The Bertz CT molecular complexity index is 411. The van der Waals surface area contributed by atoms with Crippen molar-refractivity contribution in [1.29, 1.82) is 0 Å². The molecule has 0 bridgehead atoms. The lowest BCUT2D eigenvalue weighted by atomic mass is 10.2. The predicted octanol–water partition coefficient (Wildman–Crippen LogP) is 0.862. The van der Waals surface area contributed by atoms with Crippen LogP contribution in [-0.4, -0.2) is 46.1 Å². The Labute approximate surface area is 120 Å². The largest absolute Gasteiger partial charge is 0.444 e. The summed E-state index contributed by atoms with van der Waals surface area (Å²) in [5, 5.41) is 10.2. The maximum atomic E-state index is 11.4. The lowest BCUT2D eigenvalue weighted by Gasteiger charge is -2.19. The molecule has 0 unspecified atom stereocenters. The molecular formula is C13H25N5O2.